The van der Waals surface area contributed by atoms with Crippen LogP contribution in [0.4, 0.5) is 22.1 Å². The number of piperidine rings is 1. The minimum absolute atomic E-state index is 0.0468. The highest BCUT2D eigenvalue weighted by Crippen LogP contribution is 2.21. The zero-order valence-electron chi connectivity index (χ0n) is 16.9. The summed E-state index contributed by atoms with van der Waals surface area (Å²) in [6.45, 7) is 5.00. The molecule has 8 heteroatoms. The van der Waals surface area contributed by atoms with E-state index in [9.17, 15) is 4.79 Å². The van der Waals surface area contributed by atoms with Crippen molar-refractivity contribution >= 4 is 35.1 Å². The van der Waals surface area contributed by atoms with Crippen LogP contribution in [0.5, 0.6) is 0 Å². The van der Waals surface area contributed by atoms with Gasteiger partial charge in [0.05, 0.1) is 0 Å². The van der Waals surface area contributed by atoms with E-state index in [1.54, 1.807) is 11.8 Å². The number of rotatable bonds is 4. The van der Waals surface area contributed by atoms with Crippen molar-refractivity contribution in [2.75, 3.05) is 60.6 Å². The van der Waals surface area contributed by atoms with Crippen molar-refractivity contribution in [3.8, 4) is 0 Å². The maximum atomic E-state index is 12.6. The van der Waals surface area contributed by atoms with Gasteiger partial charge in [0.1, 0.15) is 0 Å². The number of anilines is 3. The van der Waals surface area contributed by atoms with Gasteiger partial charge in [0.2, 0.25) is 0 Å². The van der Waals surface area contributed by atoms with Gasteiger partial charge in [-0.15, -0.1) is 22.0 Å². The Morgan fingerprint density at radius 2 is 1.55 bits per heavy atom. The molecule has 2 aromatic rings. The lowest BCUT2D eigenvalue weighted by molar-refractivity contribution is 0.208. The van der Waals surface area contributed by atoms with Crippen molar-refractivity contribution in [2.24, 2.45) is 0 Å². The molecule has 2 amide bonds. The summed E-state index contributed by atoms with van der Waals surface area (Å²) < 4.78 is 0. The first kappa shape index (κ1) is 19.8. The lowest BCUT2D eigenvalue weighted by Crippen LogP contribution is -2.50. The molecule has 0 saturated carbocycles. The minimum Gasteiger partial charge on any atom is -0.355 e. The molecule has 0 radical (unpaired) electrons. The van der Waals surface area contributed by atoms with Gasteiger partial charge in [0, 0.05) is 49.9 Å². The average molecular weight is 413 g/mol. The molecule has 4 rings (SSSR count). The topological polar surface area (TPSA) is 64.6 Å². The Kier molecular flexibility index (Phi) is 6.39. The molecule has 1 N–H and O–H groups in total. The fourth-order valence-electron chi connectivity index (χ4n) is 3.82. The molecule has 0 unspecified atom stereocenters. The van der Waals surface area contributed by atoms with Crippen molar-refractivity contribution in [2.45, 2.75) is 24.2 Å². The van der Waals surface area contributed by atoms with Crippen LogP contribution in [0.15, 0.2) is 41.3 Å². The monoisotopic (exact) mass is 412 g/mol. The van der Waals surface area contributed by atoms with Crippen molar-refractivity contribution in [1.29, 1.82) is 0 Å². The number of hydrogen-bond donors (Lipinski definition) is 1. The number of aromatic nitrogens is 2. The third-order valence-electron chi connectivity index (χ3n) is 5.53. The molecule has 2 fully saturated rings. The van der Waals surface area contributed by atoms with Crippen LogP contribution in [0, 0.1) is 0 Å². The Labute approximate surface area is 176 Å². The van der Waals surface area contributed by atoms with Gasteiger partial charge < -0.3 is 20.0 Å². The third-order valence-corrected chi connectivity index (χ3v) is 6.25. The van der Waals surface area contributed by atoms with E-state index in [2.05, 4.69) is 37.4 Å². The maximum absolute atomic E-state index is 12.6. The number of benzene rings is 1. The number of nitrogens with one attached hydrogen (secondary N) is 1. The van der Waals surface area contributed by atoms with Gasteiger partial charge in [-0.3, -0.25) is 0 Å². The summed E-state index contributed by atoms with van der Waals surface area (Å²) in [6, 6.07) is 12.0. The van der Waals surface area contributed by atoms with Crippen molar-refractivity contribution in [3.05, 3.63) is 36.4 Å². The Morgan fingerprint density at radius 1 is 0.897 bits per heavy atom. The van der Waals surface area contributed by atoms with Crippen LogP contribution in [-0.4, -0.2) is 66.7 Å². The van der Waals surface area contributed by atoms with Crippen LogP contribution in [0.25, 0.3) is 0 Å². The molecule has 2 aliphatic rings. The molecule has 2 saturated heterocycles. The first-order valence-electron chi connectivity index (χ1n) is 10.3. The normalized spacial score (nSPS) is 17.3. The van der Waals surface area contributed by atoms with Crippen LogP contribution in [-0.2, 0) is 0 Å². The first-order chi connectivity index (χ1) is 14.2. The second kappa shape index (κ2) is 9.35. The molecule has 0 atom stereocenters. The number of thioether (sulfide) groups is 1. The predicted octanol–water partition coefficient (Wildman–Crippen LogP) is 3.54. The van der Waals surface area contributed by atoms with Gasteiger partial charge in [0.15, 0.2) is 11.6 Å². The summed E-state index contributed by atoms with van der Waals surface area (Å²) in [4.78, 5) is 20.1. The van der Waals surface area contributed by atoms with Crippen LogP contribution in [0.2, 0.25) is 0 Å². The lowest BCUT2D eigenvalue weighted by Gasteiger charge is -2.35. The molecule has 29 heavy (non-hydrogen) atoms. The number of urea groups is 1. The summed E-state index contributed by atoms with van der Waals surface area (Å²) in [6.07, 6.45) is 5.80. The number of carbonyl (C=O) groups is 1. The molecule has 2 aliphatic heterocycles. The Balaban J connectivity index is 1.30. The van der Waals surface area contributed by atoms with Gasteiger partial charge >= 0.3 is 6.03 Å². The summed E-state index contributed by atoms with van der Waals surface area (Å²) in [5.41, 5.74) is 0.837. The van der Waals surface area contributed by atoms with E-state index in [0.717, 1.165) is 48.4 Å². The number of hydrogen-bond acceptors (Lipinski definition) is 6. The molecule has 0 bridgehead atoms. The molecule has 3 heterocycles. The predicted molar refractivity (Wildman–Crippen MR) is 119 cm³/mol. The van der Waals surface area contributed by atoms with Crippen molar-refractivity contribution in [1.82, 2.24) is 15.1 Å². The molecule has 1 aromatic heterocycles. The quantitative estimate of drug-likeness (QED) is 0.775. The molecule has 1 aromatic carbocycles. The van der Waals surface area contributed by atoms with Gasteiger partial charge in [-0.25, -0.2) is 4.79 Å². The summed E-state index contributed by atoms with van der Waals surface area (Å²) in [7, 11) is 0. The van der Waals surface area contributed by atoms with E-state index in [4.69, 9.17) is 0 Å². The minimum atomic E-state index is -0.0468. The molecular weight excluding hydrogens is 384 g/mol. The number of nitrogens with zero attached hydrogens (tertiary/aromatic N) is 5. The van der Waals surface area contributed by atoms with Gasteiger partial charge in [-0.1, -0.05) is 6.07 Å². The zero-order valence-corrected chi connectivity index (χ0v) is 17.7. The van der Waals surface area contributed by atoms with E-state index in [-0.39, 0.29) is 6.03 Å². The van der Waals surface area contributed by atoms with Crippen LogP contribution in [0.1, 0.15) is 19.3 Å². The van der Waals surface area contributed by atoms with E-state index in [0.29, 0.717) is 13.1 Å². The standard InChI is InChI=1S/C21H28N6OS/c1-29-18-7-5-6-17(16-18)22-21(28)27-14-12-26(13-15-27)20-9-8-19(23-24-20)25-10-3-2-4-11-25/h5-9,16H,2-4,10-15H2,1H3,(H,22,28). The maximum Gasteiger partial charge on any atom is 0.321 e. The smallest absolute Gasteiger partial charge is 0.321 e. The first-order valence-corrected chi connectivity index (χ1v) is 11.5. The Bertz CT molecular complexity index is 816. The number of piperazine rings is 1. The molecule has 0 spiro atoms. The fourth-order valence-corrected chi connectivity index (χ4v) is 4.28. The summed E-state index contributed by atoms with van der Waals surface area (Å²) >= 11 is 1.67. The molecule has 154 valence electrons. The molecule has 7 nitrogen and oxygen atoms in total. The highest BCUT2D eigenvalue weighted by atomic mass is 32.2. The number of carbonyl (C=O) groups excluding carboxylic acids is 1. The van der Waals surface area contributed by atoms with Crippen LogP contribution < -0.4 is 15.1 Å². The van der Waals surface area contributed by atoms with Gasteiger partial charge in [-0.2, -0.15) is 0 Å². The van der Waals surface area contributed by atoms with E-state index in [1.165, 1.54) is 19.3 Å². The summed E-state index contributed by atoms with van der Waals surface area (Å²) in [5, 5.41) is 11.9. The SMILES string of the molecule is CSc1cccc(NC(=O)N2CCN(c3ccc(N4CCCCC4)nn3)CC2)c1. The largest absolute Gasteiger partial charge is 0.355 e. The van der Waals surface area contributed by atoms with Crippen molar-refractivity contribution < 1.29 is 4.79 Å². The van der Waals surface area contributed by atoms with E-state index >= 15 is 0 Å². The van der Waals surface area contributed by atoms with E-state index in [1.807, 2.05) is 35.4 Å². The Morgan fingerprint density at radius 3 is 2.17 bits per heavy atom. The van der Waals surface area contributed by atoms with Crippen molar-refractivity contribution in [3.63, 3.8) is 0 Å². The second-order valence-corrected chi connectivity index (χ2v) is 8.31. The average Bonchev–Trinajstić information content (AvgIpc) is 2.80. The molecular formula is C21H28N6OS. The van der Waals surface area contributed by atoms with Crippen LogP contribution in [0.3, 0.4) is 0 Å². The zero-order chi connectivity index (χ0) is 20.1. The lowest BCUT2D eigenvalue weighted by atomic mass is 10.1. The Hall–Kier alpha value is -2.48. The van der Waals surface area contributed by atoms with Gasteiger partial charge in [0.25, 0.3) is 0 Å². The highest BCUT2D eigenvalue weighted by molar-refractivity contribution is 7.98. The third kappa shape index (κ3) is 4.93. The van der Waals surface area contributed by atoms with E-state index < -0.39 is 0 Å². The molecule has 0 aliphatic carbocycles. The number of amides is 2. The second-order valence-electron chi connectivity index (χ2n) is 7.43. The van der Waals surface area contributed by atoms with Crippen LogP contribution >= 0.6 is 11.8 Å². The highest BCUT2D eigenvalue weighted by Gasteiger charge is 2.22. The van der Waals surface area contributed by atoms with Gasteiger partial charge in [-0.05, 0) is 55.9 Å². The summed E-state index contributed by atoms with van der Waals surface area (Å²) in [5.74, 6) is 1.86. The fraction of sp³-hybridized carbons (Fsp3) is 0.476.